The number of benzene rings is 3. The van der Waals surface area contributed by atoms with E-state index in [9.17, 15) is 44.5 Å². The minimum atomic E-state index is -2.56. The van der Waals surface area contributed by atoms with Crippen LogP contribution in [0.2, 0.25) is 0 Å². The summed E-state index contributed by atoms with van der Waals surface area (Å²) in [4.78, 5) is 47.5. The molecule has 41 heavy (non-hydrogen) atoms. The molecule has 0 spiro atoms. The van der Waals surface area contributed by atoms with E-state index in [1.165, 1.54) is 12.1 Å². The van der Waals surface area contributed by atoms with Gasteiger partial charge in [-0.2, -0.15) is 5.10 Å². The van der Waals surface area contributed by atoms with Crippen LogP contribution in [-0.2, 0) is 12.1 Å². The number of aromatic nitrogens is 2. The number of aromatic amines is 1. The van der Waals surface area contributed by atoms with Crippen LogP contribution in [0.4, 0.5) is 15.8 Å². The highest BCUT2D eigenvalue weighted by atomic mass is 19.1. The number of nitrogens with zero attached hydrogens (tertiary/aromatic N) is 4. The van der Waals surface area contributed by atoms with Gasteiger partial charge in [-0.25, -0.2) is 9.49 Å². The Morgan fingerprint density at radius 2 is 1.83 bits per heavy atom. The Bertz CT molecular complexity index is 1780. The maximum absolute atomic E-state index is 14.9. The molecule has 2 heterocycles. The molecular formula is C26H21FN6O8. The zero-order valence-corrected chi connectivity index (χ0v) is 21.1. The first-order valence-corrected chi connectivity index (χ1v) is 12.2. The number of non-ortho nitro benzene ring substituents is 1. The molecule has 5 rings (SSSR count). The molecule has 1 aliphatic rings. The second kappa shape index (κ2) is 10.5. The zero-order valence-electron chi connectivity index (χ0n) is 21.1. The lowest BCUT2D eigenvalue weighted by Crippen LogP contribution is -3.18. The van der Waals surface area contributed by atoms with E-state index in [0.29, 0.717) is 28.1 Å². The quantitative estimate of drug-likeness (QED) is 0.175. The van der Waals surface area contributed by atoms with Gasteiger partial charge in [-0.1, -0.05) is 24.3 Å². The molecule has 0 saturated carbocycles. The minimum Gasteiger partial charge on any atom is -0.632 e. The number of piperazine rings is 1. The molecule has 0 aliphatic carbocycles. The monoisotopic (exact) mass is 564 g/mol. The van der Waals surface area contributed by atoms with Crippen molar-refractivity contribution in [3.05, 3.63) is 125 Å². The van der Waals surface area contributed by atoms with Gasteiger partial charge in [-0.05, 0) is 29.8 Å². The highest BCUT2D eigenvalue weighted by Crippen LogP contribution is 2.32. The molecule has 2 atom stereocenters. The van der Waals surface area contributed by atoms with Gasteiger partial charge in [-0.15, -0.1) is 0 Å². The third-order valence-electron chi connectivity index (χ3n) is 7.02. The molecule has 1 aromatic heterocycles. The van der Waals surface area contributed by atoms with Crippen LogP contribution in [0.3, 0.4) is 0 Å². The Morgan fingerprint density at radius 3 is 2.54 bits per heavy atom. The Hall–Kier alpha value is -5.12. The van der Waals surface area contributed by atoms with Crippen molar-refractivity contribution < 1.29 is 29.2 Å². The number of H-pyrrole nitrogens is 1. The summed E-state index contributed by atoms with van der Waals surface area (Å²) in [6.45, 7) is -1.33. The number of carbonyl (C=O) groups is 1. The van der Waals surface area contributed by atoms with Gasteiger partial charge < -0.3 is 20.3 Å². The van der Waals surface area contributed by atoms with Crippen molar-refractivity contribution in [3.63, 3.8) is 0 Å². The molecule has 0 bridgehead atoms. The molecule has 1 aliphatic heterocycles. The first kappa shape index (κ1) is 27.4. The number of carbonyl (C=O) groups excluding carboxylic acids is 1. The molecule has 4 aromatic rings. The van der Waals surface area contributed by atoms with Crippen LogP contribution in [-0.4, -0.2) is 55.6 Å². The van der Waals surface area contributed by atoms with Crippen molar-refractivity contribution >= 4 is 28.1 Å². The number of hydrogen-bond acceptors (Lipinski definition) is 9. The SMILES string of the molecule is O=C(c1cc(Cc2n[nH]c(=O)c3ccccc23)ccc1F)N1CC[NH+]([O-])C(O)(c2ccc([N+](=O)[O-])cc2[N+](=O)[O-])C1. The van der Waals surface area contributed by atoms with Crippen molar-refractivity contribution in [2.75, 3.05) is 19.6 Å². The van der Waals surface area contributed by atoms with Gasteiger partial charge in [0.2, 0.25) is 0 Å². The van der Waals surface area contributed by atoms with E-state index in [1.807, 2.05) is 0 Å². The molecule has 2 unspecified atom stereocenters. The van der Waals surface area contributed by atoms with Gasteiger partial charge in [0.05, 0.1) is 45.6 Å². The number of nitrogens with one attached hydrogen (secondary N) is 2. The summed E-state index contributed by atoms with van der Waals surface area (Å²) in [5.74, 6) is -1.75. The average Bonchev–Trinajstić information content (AvgIpc) is 2.96. The van der Waals surface area contributed by atoms with Gasteiger partial charge in [-0.3, -0.25) is 29.8 Å². The van der Waals surface area contributed by atoms with Crippen molar-refractivity contribution in [2.45, 2.75) is 12.1 Å². The number of hydroxylamine groups is 2. The van der Waals surface area contributed by atoms with Crippen LogP contribution >= 0.6 is 0 Å². The van der Waals surface area contributed by atoms with Gasteiger partial charge in [0.25, 0.3) is 28.6 Å². The van der Waals surface area contributed by atoms with E-state index in [0.717, 1.165) is 23.1 Å². The van der Waals surface area contributed by atoms with E-state index in [-0.39, 0.29) is 24.1 Å². The third-order valence-corrected chi connectivity index (χ3v) is 7.02. The molecule has 0 radical (unpaired) electrons. The first-order chi connectivity index (χ1) is 19.5. The Balaban J connectivity index is 1.46. The van der Waals surface area contributed by atoms with Crippen molar-refractivity contribution in [1.82, 2.24) is 15.1 Å². The zero-order chi connectivity index (χ0) is 29.5. The predicted octanol–water partition coefficient (Wildman–Crippen LogP) is 1.15. The van der Waals surface area contributed by atoms with Gasteiger partial charge in [0, 0.05) is 17.9 Å². The molecule has 1 amide bonds. The van der Waals surface area contributed by atoms with E-state index in [2.05, 4.69) is 10.2 Å². The Labute approximate surface area is 229 Å². The smallest absolute Gasteiger partial charge is 0.288 e. The van der Waals surface area contributed by atoms with Crippen LogP contribution in [0, 0.1) is 31.3 Å². The minimum absolute atomic E-state index is 0.134. The fraction of sp³-hybridized carbons (Fsp3) is 0.192. The number of β-amino-alcohol motifs (C(OH)–C–C–N with tert-alkyl or cyclic N) is 1. The Kier molecular flexibility index (Phi) is 7.00. The summed E-state index contributed by atoms with van der Waals surface area (Å²) in [5, 5.41) is 53.6. The molecular weight excluding hydrogens is 543 g/mol. The molecule has 14 nitrogen and oxygen atoms in total. The first-order valence-electron chi connectivity index (χ1n) is 12.2. The van der Waals surface area contributed by atoms with Gasteiger partial charge >= 0.3 is 0 Å². The summed E-state index contributed by atoms with van der Waals surface area (Å²) in [5.41, 5.74) is -4.34. The average molecular weight is 564 g/mol. The number of nitro groups is 2. The van der Waals surface area contributed by atoms with Crippen molar-refractivity contribution in [2.24, 2.45) is 0 Å². The van der Waals surface area contributed by atoms with E-state index < -0.39 is 62.4 Å². The van der Waals surface area contributed by atoms with Crippen molar-refractivity contribution in [1.29, 1.82) is 0 Å². The number of hydrogen-bond donors (Lipinski definition) is 3. The van der Waals surface area contributed by atoms with Crippen LogP contribution in [0.15, 0.2) is 65.5 Å². The highest BCUT2D eigenvalue weighted by Gasteiger charge is 2.48. The summed E-state index contributed by atoms with van der Waals surface area (Å²) in [7, 11) is 0. The molecule has 15 heteroatoms. The van der Waals surface area contributed by atoms with Gasteiger partial charge in [0.15, 0.2) is 0 Å². The fourth-order valence-corrected chi connectivity index (χ4v) is 4.95. The number of nitro benzene ring substituents is 2. The fourth-order valence-electron chi connectivity index (χ4n) is 4.95. The number of amides is 1. The molecule has 1 fully saturated rings. The lowest BCUT2D eigenvalue weighted by atomic mass is 9.96. The van der Waals surface area contributed by atoms with Crippen LogP contribution in [0.5, 0.6) is 0 Å². The van der Waals surface area contributed by atoms with E-state index in [1.54, 1.807) is 24.3 Å². The summed E-state index contributed by atoms with van der Waals surface area (Å²) in [6, 6.07) is 13.0. The third kappa shape index (κ3) is 5.00. The van der Waals surface area contributed by atoms with Gasteiger partial charge in [0.1, 0.15) is 17.9 Å². The molecule has 3 N–H and O–H groups in total. The van der Waals surface area contributed by atoms with Crippen molar-refractivity contribution in [3.8, 4) is 0 Å². The lowest BCUT2D eigenvalue weighted by molar-refractivity contribution is -0.948. The number of aliphatic hydroxyl groups is 1. The summed E-state index contributed by atoms with van der Waals surface area (Å²) >= 11 is 0. The number of fused-ring (bicyclic) bond motifs is 1. The molecule has 210 valence electrons. The van der Waals surface area contributed by atoms with Crippen LogP contribution in [0.1, 0.15) is 27.2 Å². The maximum Gasteiger partial charge on any atom is 0.288 e. The number of halogens is 1. The Morgan fingerprint density at radius 1 is 1.10 bits per heavy atom. The summed E-state index contributed by atoms with van der Waals surface area (Å²) < 4.78 is 14.9. The molecule has 1 saturated heterocycles. The largest absolute Gasteiger partial charge is 0.632 e. The number of quaternary nitrogens is 1. The molecule has 3 aromatic carbocycles. The normalized spacial score (nSPS) is 18.8. The number of rotatable bonds is 6. The topological polar surface area (TPSA) is 200 Å². The standard InChI is InChI=1S/C26H21FN6O8/c27-21-8-5-15(12-22-17-3-1-2-4-18(17)24(34)29-28-22)11-19(21)25(35)30-9-10-31(37)26(36,14-30)20-7-6-16(32(38)39)13-23(20)33(40)41/h1-8,11,13,31,36H,9-10,12,14H2,(H,29,34). The predicted molar refractivity (Wildman–Crippen MR) is 140 cm³/mol. The maximum atomic E-state index is 14.9. The second-order valence-corrected chi connectivity index (χ2v) is 9.51. The van der Waals surface area contributed by atoms with Crippen LogP contribution < -0.4 is 10.6 Å². The lowest BCUT2D eigenvalue weighted by Gasteiger charge is -2.46. The van der Waals surface area contributed by atoms with E-state index >= 15 is 0 Å². The van der Waals surface area contributed by atoms with E-state index in [4.69, 9.17) is 0 Å². The highest BCUT2D eigenvalue weighted by molar-refractivity contribution is 5.95. The second-order valence-electron chi connectivity index (χ2n) is 9.51. The van der Waals surface area contributed by atoms with Crippen LogP contribution in [0.25, 0.3) is 10.8 Å². The summed E-state index contributed by atoms with van der Waals surface area (Å²) in [6.07, 6.45) is 0.134.